The van der Waals surface area contributed by atoms with Crippen molar-refractivity contribution in [2.45, 2.75) is 10.1 Å². The summed E-state index contributed by atoms with van der Waals surface area (Å²) in [6.45, 7) is 0. The summed E-state index contributed by atoms with van der Waals surface area (Å²) in [5, 5.41) is 14.4. The van der Waals surface area contributed by atoms with E-state index >= 15 is 0 Å². The number of methoxy groups -OCH3 is 1. The van der Waals surface area contributed by atoms with Crippen molar-refractivity contribution in [3.63, 3.8) is 0 Å². The molecule has 1 N–H and O–H groups in total. The lowest BCUT2D eigenvalue weighted by Crippen LogP contribution is -2.15. The quantitative estimate of drug-likeness (QED) is 0.347. The summed E-state index contributed by atoms with van der Waals surface area (Å²) >= 11 is 4.52. The molecular weight excluding hydrogens is 448 g/mol. The van der Waals surface area contributed by atoms with Gasteiger partial charge in [-0.2, -0.15) is 0 Å². The summed E-state index contributed by atoms with van der Waals surface area (Å²) in [6, 6.07) is 19.4. The highest BCUT2D eigenvalue weighted by Crippen LogP contribution is 2.34. The number of carbonyl (C=O) groups is 1. The predicted octanol–water partition coefficient (Wildman–Crippen LogP) is 5.46. The molecule has 158 valence electrons. The molecule has 0 unspecified atom stereocenters. The van der Waals surface area contributed by atoms with Gasteiger partial charge < -0.3 is 10.1 Å². The number of carbonyl (C=O) groups excluding carboxylic acids is 1. The SMILES string of the molecule is COc1ccccc1-n1c(SCC(=O)Nc2ccccc2SC)nnc1-c1cccs1. The lowest BCUT2D eigenvalue weighted by molar-refractivity contribution is -0.113. The normalized spacial score (nSPS) is 10.8. The minimum Gasteiger partial charge on any atom is -0.495 e. The zero-order chi connectivity index (χ0) is 21.6. The summed E-state index contributed by atoms with van der Waals surface area (Å²) in [5.41, 5.74) is 1.64. The van der Waals surface area contributed by atoms with Crippen molar-refractivity contribution in [3.05, 3.63) is 66.0 Å². The second-order valence-electron chi connectivity index (χ2n) is 6.33. The van der Waals surface area contributed by atoms with Crippen molar-refractivity contribution in [1.29, 1.82) is 0 Å². The van der Waals surface area contributed by atoms with Gasteiger partial charge in [-0.05, 0) is 42.0 Å². The maximum absolute atomic E-state index is 12.6. The highest BCUT2D eigenvalue weighted by Gasteiger charge is 2.20. The van der Waals surface area contributed by atoms with Gasteiger partial charge >= 0.3 is 0 Å². The Morgan fingerprint density at radius 3 is 2.68 bits per heavy atom. The maximum Gasteiger partial charge on any atom is 0.234 e. The van der Waals surface area contributed by atoms with Gasteiger partial charge in [0, 0.05) is 4.90 Å². The fourth-order valence-electron chi connectivity index (χ4n) is 3.02. The third-order valence-electron chi connectivity index (χ3n) is 4.41. The fraction of sp³-hybridized carbons (Fsp3) is 0.136. The average Bonchev–Trinajstić information content (AvgIpc) is 3.47. The second-order valence-corrected chi connectivity index (χ2v) is 9.07. The summed E-state index contributed by atoms with van der Waals surface area (Å²) < 4.78 is 7.51. The number of ether oxygens (including phenoxy) is 1. The molecule has 0 aliphatic carbocycles. The Bertz CT molecular complexity index is 1180. The molecule has 6 nitrogen and oxygen atoms in total. The van der Waals surface area contributed by atoms with Crippen LogP contribution in [0.15, 0.2) is 76.1 Å². The molecular formula is C22H20N4O2S3. The first kappa shape index (κ1) is 21.5. The number of amides is 1. The first-order valence-electron chi connectivity index (χ1n) is 9.39. The van der Waals surface area contributed by atoms with Gasteiger partial charge in [-0.3, -0.25) is 9.36 Å². The predicted molar refractivity (Wildman–Crippen MR) is 129 cm³/mol. The number of aromatic nitrogens is 3. The minimum atomic E-state index is -0.0984. The van der Waals surface area contributed by atoms with Crippen LogP contribution in [0.1, 0.15) is 0 Å². The van der Waals surface area contributed by atoms with Crippen LogP contribution >= 0.6 is 34.9 Å². The monoisotopic (exact) mass is 468 g/mol. The molecule has 0 fully saturated rings. The van der Waals surface area contributed by atoms with E-state index in [1.54, 1.807) is 30.2 Å². The van der Waals surface area contributed by atoms with Crippen molar-refractivity contribution in [3.8, 4) is 22.1 Å². The molecule has 0 aliphatic rings. The van der Waals surface area contributed by atoms with E-state index in [4.69, 9.17) is 4.74 Å². The number of anilines is 1. The molecule has 0 aliphatic heterocycles. The lowest BCUT2D eigenvalue weighted by Gasteiger charge is -2.13. The number of hydrogen-bond acceptors (Lipinski definition) is 7. The summed E-state index contributed by atoms with van der Waals surface area (Å²) in [4.78, 5) is 14.7. The molecule has 0 radical (unpaired) electrons. The van der Waals surface area contributed by atoms with E-state index in [2.05, 4.69) is 15.5 Å². The van der Waals surface area contributed by atoms with E-state index < -0.39 is 0 Å². The van der Waals surface area contributed by atoms with Crippen LogP contribution in [0.3, 0.4) is 0 Å². The van der Waals surface area contributed by atoms with Crippen LogP contribution in [0.4, 0.5) is 5.69 Å². The lowest BCUT2D eigenvalue weighted by atomic mass is 10.3. The van der Waals surface area contributed by atoms with Gasteiger partial charge in [0.05, 0.1) is 29.1 Å². The Labute approximate surface area is 193 Å². The molecule has 9 heteroatoms. The molecule has 2 heterocycles. The highest BCUT2D eigenvalue weighted by molar-refractivity contribution is 7.99. The van der Waals surface area contributed by atoms with E-state index in [0.717, 1.165) is 27.0 Å². The third-order valence-corrected chi connectivity index (χ3v) is 7.00. The molecule has 0 saturated heterocycles. The fourth-order valence-corrected chi connectivity index (χ4v) is 5.02. The number of rotatable bonds is 8. The Morgan fingerprint density at radius 2 is 1.90 bits per heavy atom. The van der Waals surface area contributed by atoms with E-state index in [-0.39, 0.29) is 11.7 Å². The molecule has 0 atom stereocenters. The zero-order valence-corrected chi connectivity index (χ0v) is 19.4. The number of thiophene rings is 1. The number of nitrogens with one attached hydrogen (secondary N) is 1. The van der Waals surface area contributed by atoms with Crippen LogP contribution in [0.5, 0.6) is 5.75 Å². The van der Waals surface area contributed by atoms with Crippen LogP contribution in [0.2, 0.25) is 0 Å². The maximum atomic E-state index is 12.6. The molecule has 2 aromatic heterocycles. The van der Waals surface area contributed by atoms with E-state index in [1.807, 2.05) is 76.9 Å². The first-order chi connectivity index (χ1) is 15.2. The number of hydrogen-bond donors (Lipinski definition) is 1. The molecule has 0 spiro atoms. The van der Waals surface area contributed by atoms with E-state index in [1.165, 1.54) is 11.8 Å². The molecule has 31 heavy (non-hydrogen) atoms. The van der Waals surface area contributed by atoms with Gasteiger partial charge in [0.15, 0.2) is 11.0 Å². The Kier molecular flexibility index (Phi) is 6.96. The highest BCUT2D eigenvalue weighted by atomic mass is 32.2. The van der Waals surface area contributed by atoms with Crippen LogP contribution in [-0.4, -0.2) is 39.8 Å². The van der Waals surface area contributed by atoms with Gasteiger partial charge in [-0.25, -0.2) is 0 Å². The summed E-state index contributed by atoms with van der Waals surface area (Å²) in [7, 11) is 1.64. The van der Waals surface area contributed by atoms with Crippen molar-refractivity contribution >= 4 is 46.5 Å². The molecule has 4 aromatic rings. The van der Waals surface area contributed by atoms with Gasteiger partial charge in [-0.15, -0.1) is 33.3 Å². The topological polar surface area (TPSA) is 69.0 Å². The van der Waals surface area contributed by atoms with Crippen molar-refractivity contribution in [1.82, 2.24) is 14.8 Å². The Morgan fingerprint density at radius 1 is 1.10 bits per heavy atom. The van der Waals surface area contributed by atoms with Crippen LogP contribution < -0.4 is 10.1 Å². The number of benzene rings is 2. The molecule has 1 amide bonds. The molecule has 4 rings (SSSR count). The second kappa shape index (κ2) is 10.0. The largest absolute Gasteiger partial charge is 0.495 e. The summed E-state index contributed by atoms with van der Waals surface area (Å²) in [5.74, 6) is 1.54. The number of nitrogens with zero attached hydrogens (tertiary/aromatic N) is 3. The smallest absolute Gasteiger partial charge is 0.234 e. The Balaban J connectivity index is 1.61. The van der Waals surface area contributed by atoms with Crippen molar-refractivity contribution in [2.24, 2.45) is 0 Å². The van der Waals surface area contributed by atoms with Gasteiger partial charge in [-0.1, -0.05) is 42.1 Å². The third kappa shape index (κ3) is 4.79. The summed E-state index contributed by atoms with van der Waals surface area (Å²) in [6.07, 6.45) is 1.99. The van der Waals surface area contributed by atoms with Gasteiger partial charge in [0.1, 0.15) is 5.75 Å². The van der Waals surface area contributed by atoms with E-state index in [0.29, 0.717) is 10.9 Å². The molecule has 0 bridgehead atoms. The van der Waals surface area contributed by atoms with Crippen LogP contribution in [-0.2, 0) is 4.79 Å². The number of para-hydroxylation sites is 3. The average molecular weight is 469 g/mol. The first-order valence-corrected chi connectivity index (χ1v) is 12.5. The minimum absolute atomic E-state index is 0.0984. The van der Waals surface area contributed by atoms with Crippen molar-refractivity contribution in [2.75, 3.05) is 24.4 Å². The van der Waals surface area contributed by atoms with Gasteiger partial charge in [0.2, 0.25) is 5.91 Å². The zero-order valence-electron chi connectivity index (χ0n) is 16.9. The Hall–Kier alpha value is -2.75. The van der Waals surface area contributed by atoms with Crippen LogP contribution in [0, 0.1) is 0 Å². The molecule has 2 aromatic carbocycles. The van der Waals surface area contributed by atoms with Crippen LogP contribution in [0.25, 0.3) is 16.4 Å². The number of thioether (sulfide) groups is 2. The molecule has 0 saturated carbocycles. The van der Waals surface area contributed by atoms with E-state index in [9.17, 15) is 4.79 Å². The standard InChI is InChI=1S/C22H20N4O2S3/c1-28-17-10-5-4-9-16(17)26-21(19-12-7-13-30-19)24-25-22(26)31-14-20(27)23-15-8-3-6-11-18(15)29-2/h3-13H,14H2,1-2H3,(H,23,27). The van der Waals surface area contributed by atoms with Gasteiger partial charge in [0.25, 0.3) is 0 Å². The van der Waals surface area contributed by atoms with Crippen molar-refractivity contribution < 1.29 is 9.53 Å².